The fraction of sp³-hybridized carbons (Fsp3) is 0.286. The molecule has 154 valence electrons. The van der Waals surface area contributed by atoms with Crippen LogP contribution >= 0.6 is 0 Å². The number of nitrogens with zero attached hydrogens (tertiary/aromatic N) is 2. The monoisotopic (exact) mass is 415 g/mol. The molecule has 1 aliphatic rings. The van der Waals surface area contributed by atoms with E-state index in [1.807, 2.05) is 37.4 Å². The van der Waals surface area contributed by atoms with Crippen molar-refractivity contribution in [2.24, 2.45) is 0 Å². The van der Waals surface area contributed by atoms with E-state index in [0.717, 1.165) is 5.56 Å². The van der Waals surface area contributed by atoms with Crippen molar-refractivity contribution in [2.75, 3.05) is 45.7 Å². The summed E-state index contributed by atoms with van der Waals surface area (Å²) in [4.78, 5) is 14.6. The van der Waals surface area contributed by atoms with Crippen LogP contribution in [0.4, 0.5) is 5.69 Å². The van der Waals surface area contributed by atoms with Gasteiger partial charge in [-0.15, -0.1) is 0 Å². The molecule has 1 saturated heterocycles. The van der Waals surface area contributed by atoms with E-state index in [9.17, 15) is 13.2 Å². The lowest BCUT2D eigenvalue weighted by Gasteiger charge is -2.31. The van der Waals surface area contributed by atoms with Crippen molar-refractivity contribution >= 4 is 27.7 Å². The van der Waals surface area contributed by atoms with Gasteiger partial charge in [0.2, 0.25) is 15.9 Å². The first-order chi connectivity index (χ1) is 13.9. The maximum Gasteiger partial charge on any atom is 0.248 e. The van der Waals surface area contributed by atoms with E-state index < -0.39 is 10.0 Å². The van der Waals surface area contributed by atoms with Crippen LogP contribution in [0.5, 0.6) is 5.75 Å². The Morgan fingerprint density at radius 3 is 2.41 bits per heavy atom. The molecule has 29 heavy (non-hydrogen) atoms. The van der Waals surface area contributed by atoms with Crippen LogP contribution in [0, 0.1) is 0 Å². The lowest BCUT2D eigenvalue weighted by Crippen LogP contribution is -2.47. The molecular weight excluding hydrogens is 390 g/mol. The zero-order valence-corrected chi connectivity index (χ0v) is 17.4. The number of nitrogens with one attached hydrogen (secondary N) is 1. The first kappa shape index (κ1) is 21.0. The summed E-state index contributed by atoms with van der Waals surface area (Å²) < 4.78 is 32.7. The number of carbonyl (C=O) groups is 1. The van der Waals surface area contributed by atoms with Crippen LogP contribution in [0.2, 0.25) is 0 Å². The molecule has 1 N–H and O–H groups in total. The number of piperazine rings is 1. The van der Waals surface area contributed by atoms with Crippen LogP contribution in [0.25, 0.3) is 6.08 Å². The van der Waals surface area contributed by atoms with Gasteiger partial charge in [0.1, 0.15) is 5.75 Å². The highest BCUT2D eigenvalue weighted by Gasteiger charge is 2.28. The highest BCUT2D eigenvalue weighted by atomic mass is 32.2. The Kier molecular flexibility index (Phi) is 6.68. The second kappa shape index (κ2) is 9.21. The topological polar surface area (TPSA) is 79.0 Å². The van der Waals surface area contributed by atoms with Crippen molar-refractivity contribution in [1.29, 1.82) is 0 Å². The number of rotatable bonds is 6. The van der Waals surface area contributed by atoms with Gasteiger partial charge in [-0.1, -0.05) is 30.3 Å². The lowest BCUT2D eigenvalue weighted by atomic mass is 10.2. The van der Waals surface area contributed by atoms with E-state index in [2.05, 4.69) is 10.2 Å². The average Bonchev–Trinajstić information content (AvgIpc) is 2.73. The van der Waals surface area contributed by atoms with Gasteiger partial charge in [0.25, 0.3) is 0 Å². The molecule has 7 nitrogen and oxygen atoms in total. The van der Waals surface area contributed by atoms with E-state index in [0.29, 0.717) is 37.6 Å². The minimum Gasteiger partial charge on any atom is -0.495 e. The number of carbonyl (C=O) groups excluding carboxylic acids is 1. The van der Waals surface area contributed by atoms with Crippen LogP contribution in [0.1, 0.15) is 5.56 Å². The number of hydrogen-bond donors (Lipinski definition) is 1. The number of sulfonamides is 1. The molecule has 0 spiro atoms. The SMILES string of the molecule is COc1ccc(S(=O)(=O)N2CCN(C)CC2)cc1NC(=O)/C=C/c1ccccc1. The maximum atomic E-state index is 13.0. The third-order valence-electron chi connectivity index (χ3n) is 4.76. The molecule has 0 radical (unpaired) electrons. The molecule has 1 aliphatic heterocycles. The summed E-state index contributed by atoms with van der Waals surface area (Å²) in [7, 11) is -0.204. The summed E-state index contributed by atoms with van der Waals surface area (Å²) in [6, 6.07) is 13.9. The van der Waals surface area contributed by atoms with Gasteiger partial charge in [-0.05, 0) is 36.9 Å². The predicted octanol–water partition coefficient (Wildman–Crippen LogP) is 2.28. The van der Waals surface area contributed by atoms with Gasteiger partial charge >= 0.3 is 0 Å². The Balaban J connectivity index is 1.80. The zero-order chi connectivity index (χ0) is 20.9. The number of hydrogen-bond acceptors (Lipinski definition) is 5. The zero-order valence-electron chi connectivity index (χ0n) is 16.5. The van der Waals surface area contributed by atoms with Crippen molar-refractivity contribution in [1.82, 2.24) is 9.21 Å². The van der Waals surface area contributed by atoms with Crippen molar-refractivity contribution in [2.45, 2.75) is 4.90 Å². The second-order valence-corrected chi connectivity index (χ2v) is 8.74. The Hall–Kier alpha value is -2.68. The van der Waals surface area contributed by atoms with Crippen molar-refractivity contribution in [3.63, 3.8) is 0 Å². The third-order valence-corrected chi connectivity index (χ3v) is 6.65. The highest BCUT2D eigenvalue weighted by Crippen LogP contribution is 2.29. The molecule has 0 aliphatic carbocycles. The number of amides is 1. The summed E-state index contributed by atoms with van der Waals surface area (Å²) in [5.74, 6) is 0.0186. The van der Waals surface area contributed by atoms with Gasteiger partial charge in [0, 0.05) is 32.3 Å². The van der Waals surface area contributed by atoms with Gasteiger partial charge in [-0.2, -0.15) is 4.31 Å². The Morgan fingerprint density at radius 2 is 1.76 bits per heavy atom. The average molecular weight is 416 g/mol. The van der Waals surface area contributed by atoms with E-state index in [1.165, 1.54) is 29.6 Å². The van der Waals surface area contributed by atoms with Crippen molar-refractivity contribution < 1.29 is 17.9 Å². The highest BCUT2D eigenvalue weighted by molar-refractivity contribution is 7.89. The first-order valence-corrected chi connectivity index (χ1v) is 10.7. The summed E-state index contributed by atoms with van der Waals surface area (Å²) in [5.41, 5.74) is 1.20. The predicted molar refractivity (Wildman–Crippen MR) is 113 cm³/mol. The van der Waals surface area contributed by atoms with E-state index >= 15 is 0 Å². The fourth-order valence-corrected chi connectivity index (χ4v) is 4.48. The van der Waals surface area contributed by atoms with E-state index in [1.54, 1.807) is 12.1 Å². The number of ether oxygens (including phenoxy) is 1. The fourth-order valence-electron chi connectivity index (χ4n) is 3.03. The van der Waals surface area contributed by atoms with Gasteiger partial charge < -0.3 is 15.0 Å². The maximum absolute atomic E-state index is 13.0. The summed E-state index contributed by atoms with van der Waals surface area (Å²) >= 11 is 0. The minimum atomic E-state index is -3.64. The van der Waals surface area contributed by atoms with E-state index in [-0.39, 0.29) is 10.8 Å². The van der Waals surface area contributed by atoms with Gasteiger partial charge in [-0.3, -0.25) is 4.79 Å². The Bertz CT molecular complexity index is 982. The van der Waals surface area contributed by atoms with E-state index in [4.69, 9.17) is 4.74 Å². The number of benzene rings is 2. The second-order valence-electron chi connectivity index (χ2n) is 6.80. The molecule has 1 heterocycles. The minimum absolute atomic E-state index is 0.130. The van der Waals surface area contributed by atoms with Gasteiger partial charge in [-0.25, -0.2) is 8.42 Å². The normalized spacial score (nSPS) is 16.1. The third kappa shape index (κ3) is 5.23. The number of methoxy groups -OCH3 is 1. The smallest absolute Gasteiger partial charge is 0.248 e. The molecule has 1 amide bonds. The molecule has 2 aromatic carbocycles. The van der Waals surface area contributed by atoms with Crippen molar-refractivity contribution in [3.05, 3.63) is 60.2 Å². The van der Waals surface area contributed by atoms with Crippen LogP contribution < -0.4 is 10.1 Å². The molecule has 8 heteroatoms. The molecule has 2 aromatic rings. The summed E-state index contributed by atoms with van der Waals surface area (Å²) in [6.45, 7) is 2.24. The standard InChI is InChI=1S/C21H25N3O4S/c1-23-12-14-24(15-13-23)29(26,27)18-9-10-20(28-2)19(16-18)22-21(25)11-8-17-6-4-3-5-7-17/h3-11,16H,12-15H2,1-2H3,(H,22,25)/b11-8+. The van der Waals surface area contributed by atoms with Crippen LogP contribution in [0.15, 0.2) is 59.5 Å². The molecule has 0 bridgehead atoms. The Labute approximate surface area is 171 Å². The van der Waals surface area contributed by atoms with Crippen LogP contribution in [-0.2, 0) is 14.8 Å². The van der Waals surface area contributed by atoms with Gasteiger partial charge in [0.15, 0.2) is 0 Å². The molecule has 0 atom stereocenters. The first-order valence-electron chi connectivity index (χ1n) is 9.31. The number of likely N-dealkylation sites (N-methyl/N-ethyl adjacent to an activating group) is 1. The Morgan fingerprint density at radius 1 is 1.07 bits per heavy atom. The molecule has 0 unspecified atom stereocenters. The molecule has 0 saturated carbocycles. The number of anilines is 1. The molecule has 1 fully saturated rings. The van der Waals surface area contributed by atoms with Crippen molar-refractivity contribution in [3.8, 4) is 5.75 Å². The van der Waals surface area contributed by atoms with Crippen LogP contribution in [0.3, 0.4) is 0 Å². The molecule has 3 rings (SSSR count). The molecular formula is C21H25N3O4S. The van der Waals surface area contributed by atoms with Crippen LogP contribution in [-0.4, -0.2) is 63.9 Å². The summed E-state index contributed by atoms with van der Waals surface area (Å²) in [6.07, 6.45) is 3.09. The molecule has 0 aromatic heterocycles. The summed E-state index contributed by atoms with van der Waals surface area (Å²) in [5, 5.41) is 2.71. The largest absolute Gasteiger partial charge is 0.495 e. The lowest BCUT2D eigenvalue weighted by molar-refractivity contribution is -0.111. The van der Waals surface area contributed by atoms with Gasteiger partial charge in [0.05, 0.1) is 17.7 Å². The quantitative estimate of drug-likeness (QED) is 0.733.